The summed E-state index contributed by atoms with van der Waals surface area (Å²) in [5.74, 6) is -6.22. The summed E-state index contributed by atoms with van der Waals surface area (Å²) in [6, 6.07) is -4.95. The monoisotopic (exact) mass is 491 g/mol. The summed E-state index contributed by atoms with van der Waals surface area (Å²) in [4.78, 5) is 70.9. The molecule has 0 heterocycles. The largest absolute Gasteiger partial charge is 0.481 e. The Morgan fingerprint density at radius 2 is 1.45 bits per heavy atom. The van der Waals surface area contributed by atoms with Crippen LogP contribution in [0.25, 0.3) is 0 Å². The van der Waals surface area contributed by atoms with E-state index in [1.165, 1.54) is 0 Å². The quantitative estimate of drug-likeness (QED) is 0.111. The summed E-state index contributed by atoms with van der Waals surface area (Å²) in [7, 11) is 0. The van der Waals surface area contributed by atoms with E-state index in [2.05, 4.69) is 28.6 Å². The van der Waals surface area contributed by atoms with Gasteiger partial charge in [-0.1, -0.05) is 20.3 Å². The van der Waals surface area contributed by atoms with Crippen LogP contribution in [0.3, 0.4) is 0 Å². The van der Waals surface area contributed by atoms with Crippen molar-refractivity contribution in [3.8, 4) is 0 Å². The van der Waals surface area contributed by atoms with E-state index in [1.807, 2.05) is 0 Å². The number of primary amides is 1. The minimum atomic E-state index is -1.37. The van der Waals surface area contributed by atoms with Crippen molar-refractivity contribution in [1.29, 1.82) is 0 Å². The SMILES string of the molecule is CCC(C)C(NC(=O)C(N)CCC(N)=O)C(=O)NC(CCC(=O)O)C(=O)NC(CS)C(=O)O. The lowest BCUT2D eigenvalue weighted by Crippen LogP contribution is -2.58. The molecule has 0 aromatic rings. The molecule has 0 aromatic heterocycles. The number of nitrogens with two attached hydrogens (primary N) is 2. The van der Waals surface area contributed by atoms with E-state index in [0.29, 0.717) is 6.42 Å². The average molecular weight is 492 g/mol. The predicted molar refractivity (Wildman–Crippen MR) is 120 cm³/mol. The van der Waals surface area contributed by atoms with Crippen molar-refractivity contribution in [2.75, 3.05) is 5.75 Å². The Morgan fingerprint density at radius 1 is 0.879 bits per heavy atom. The first-order chi connectivity index (χ1) is 15.3. The first-order valence-electron chi connectivity index (χ1n) is 10.3. The van der Waals surface area contributed by atoms with Crippen LogP contribution in [0.5, 0.6) is 0 Å². The molecule has 5 atom stereocenters. The lowest BCUT2D eigenvalue weighted by Gasteiger charge is -2.27. The average Bonchev–Trinajstić information content (AvgIpc) is 2.75. The molecule has 0 spiro atoms. The summed E-state index contributed by atoms with van der Waals surface area (Å²) in [6.45, 7) is 3.44. The maximum absolute atomic E-state index is 12.9. The van der Waals surface area contributed by atoms with E-state index in [-0.39, 0.29) is 25.0 Å². The summed E-state index contributed by atoms with van der Waals surface area (Å²) < 4.78 is 0. The summed E-state index contributed by atoms with van der Waals surface area (Å²) >= 11 is 3.85. The second-order valence-electron chi connectivity index (χ2n) is 7.56. The van der Waals surface area contributed by atoms with Crippen LogP contribution in [0.1, 0.15) is 46.0 Å². The summed E-state index contributed by atoms with van der Waals surface area (Å²) in [5.41, 5.74) is 10.8. The van der Waals surface area contributed by atoms with Gasteiger partial charge in [0.1, 0.15) is 18.1 Å². The van der Waals surface area contributed by atoms with Gasteiger partial charge >= 0.3 is 11.9 Å². The lowest BCUT2D eigenvalue weighted by molar-refractivity contribution is -0.142. The Kier molecular flexibility index (Phi) is 13.7. The first-order valence-corrected chi connectivity index (χ1v) is 11.0. The van der Waals surface area contributed by atoms with Crippen molar-refractivity contribution in [3.05, 3.63) is 0 Å². The number of carboxylic acid groups (broad SMARTS) is 2. The fourth-order valence-electron chi connectivity index (χ4n) is 2.65. The standard InChI is InChI=1S/C19H33N5O8S/c1-3-9(2)15(24-16(28)10(20)4-6-13(21)25)18(30)22-11(5-7-14(26)27)17(29)23-12(8-33)19(31)32/h9-12,15,33H,3-8,20H2,1-2H3,(H2,21,25)(H,22,30)(H,23,29)(H,24,28)(H,26,27)(H,31,32). The lowest BCUT2D eigenvalue weighted by atomic mass is 9.96. The maximum Gasteiger partial charge on any atom is 0.327 e. The van der Waals surface area contributed by atoms with Crippen LogP contribution in [0, 0.1) is 5.92 Å². The van der Waals surface area contributed by atoms with Gasteiger partial charge in [0.15, 0.2) is 0 Å². The Labute approximate surface area is 196 Å². The predicted octanol–water partition coefficient (Wildman–Crippen LogP) is -2.04. The zero-order valence-electron chi connectivity index (χ0n) is 18.6. The highest BCUT2D eigenvalue weighted by atomic mass is 32.1. The number of nitrogens with one attached hydrogen (secondary N) is 3. The molecule has 0 radical (unpaired) electrons. The molecule has 9 N–H and O–H groups in total. The second-order valence-corrected chi connectivity index (χ2v) is 7.92. The number of carboxylic acids is 2. The molecule has 14 heteroatoms. The van der Waals surface area contributed by atoms with Crippen molar-refractivity contribution < 1.29 is 39.0 Å². The number of thiol groups is 1. The molecule has 0 bridgehead atoms. The van der Waals surface area contributed by atoms with E-state index in [1.54, 1.807) is 13.8 Å². The Hall–Kier alpha value is -2.87. The van der Waals surface area contributed by atoms with Gasteiger partial charge in [-0.05, 0) is 18.8 Å². The number of carbonyl (C=O) groups excluding carboxylic acids is 4. The van der Waals surface area contributed by atoms with Gasteiger partial charge in [0.25, 0.3) is 0 Å². The van der Waals surface area contributed by atoms with Crippen LogP contribution in [0.15, 0.2) is 0 Å². The number of rotatable bonds is 16. The fraction of sp³-hybridized carbons (Fsp3) is 0.684. The molecular weight excluding hydrogens is 458 g/mol. The molecule has 0 saturated carbocycles. The number of hydrogen-bond acceptors (Lipinski definition) is 8. The van der Waals surface area contributed by atoms with E-state index >= 15 is 0 Å². The second kappa shape index (κ2) is 15.1. The van der Waals surface area contributed by atoms with Gasteiger partial charge in [-0.25, -0.2) is 4.79 Å². The zero-order chi connectivity index (χ0) is 25.7. The molecule has 0 rings (SSSR count). The minimum absolute atomic E-state index is 0.0278. The van der Waals surface area contributed by atoms with Gasteiger partial charge in [0, 0.05) is 18.6 Å². The molecule has 0 aliphatic rings. The molecule has 13 nitrogen and oxygen atoms in total. The van der Waals surface area contributed by atoms with Crippen LogP contribution in [0.4, 0.5) is 0 Å². The molecule has 4 amide bonds. The molecule has 0 aliphatic carbocycles. The highest BCUT2D eigenvalue weighted by Gasteiger charge is 2.32. The third-order valence-corrected chi connectivity index (χ3v) is 5.27. The first kappa shape index (κ1) is 30.1. The fourth-order valence-corrected chi connectivity index (χ4v) is 2.89. The van der Waals surface area contributed by atoms with Gasteiger partial charge < -0.3 is 37.6 Å². The van der Waals surface area contributed by atoms with Crippen LogP contribution in [0.2, 0.25) is 0 Å². The van der Waals surface area contributed by atoms with E-state index in [0.717, 1.165) is 0 Å². The van der Waals surface area contributed by atoms with Crippen molar-refractivity contribution in [2.45, 2.75) is 70.1 Å². The number of hydrogen-bond donors (Lipinski definition) is 8. The molecule has 0 fully saturated rings. The molecule has 5 unspecified atom stereocenters. The smallest absolute Gasteiger partial charge is 0.327 e. The van der Waals surface area contributed by atoms with Gasteiger partial charge in [-0.2, -0.15) is 12.6 Å². The van der Waals surface area contributed by atoms with E-state index in [9.17, 15) is 28.8 Å². The highest BCUT2D eigenvalue weighted by molar-refractivity contribution is 7.80. The van der Waals surface area contributed by atoms with E-state index in [4.69, 9.17) is 21.7 Å². The van der Waals surface area contributed by atoms with Gasteiger partial charge in [0.2, 0.25) is 23.6 Å². The van der Waals surface area contributed by atoms with Crippen molar-refractivity contribution in [2.24, 2.45) is 17.4 Å². The van der Waals surface area contributed by atoms with Gasteiger partial charge in [-0.3, -0.25) is 24.0 Å². The third kappa shape index (κ3) is 11.5. The van der Waals surface area contributed by atoms with E-state index < -0.39 is 72.1 Å². The normalized spacial score (nSPS) is 15.3. The number of aliphatic carboxylic acids is 2. The molecule has 0 aromatic carbocycles. The summed E-state index contributed by atoms with van der Waals surface area (Å²) in [5, 5.41) is 25.1. The van der Waals surface area contributed by atoms with Crippen LogP contribution < -0.4 is 27.4 Å². The summed E-state index contributed by atoms with van der Waals surface area (Å²) in [6.07, 6.45) is -0.482. The highest BCUT2D eigenvalue weighted by Crippen LogP contribution is 2.10. The molecular formula is C19H33N5O8S. The Morgan fingerprint density at radius 3 is 1.91 bits per heavy atom. The third-order valence-electron chi connectivity index (χ3n) is 4.91. The molecule has 33 heavy (non-hydrogen) atoms. The molecule has 0 aliphatic heterocycles. The van der Waals surface area contributed by atoms with Gasteiger partial charge in [0.05, 0.1) is 6.04 Å². The Balaban J connectivity index is 5.50. The maximum atomic E-state index is 12.9. The topological polar surface area (TPSA) is 231 Å². The van der Waals surface area contributed by atoms with Crippen LogP contribution in [-0.2, 0) is 28.8 Å². The van der Waals surface area contributed by atoms with Crippen LogP contribution in [-0.4, -0.2) is 75.7 Å². The number of carbonyl (C=O) groups is 6. The molecule has 0 saturated heterocycles. The minimum Gasteiger partial charge on any atom is -0.481 e. The van der Waals surface area contributed by atoms with Crippen molar-refractivity contribution in [1.82, 2.24) is 16.0 Å². The Bertz CT molecular complexity index is 735. The molecule has 188 valence electrons. The zero-order valence-corrected chi connectivity index (χ0v) is 19.5. The van der Waals surface area contributed by atoms with Crippen LogP contribution >= 0.6 is 12.6 Å². The van der Waals surface area contributed by atoms with Crippen molar-refractivity contribution in [3.63, 3.8) is 0 Å². The van der Waals surface area contributed by atoms with Gasteiger partial charge in [-0.15, -0.1) is 0 Å². The number of amides is 4. The van der Waals surface area contributed by atoms with Crippen molar-refractivity contribution >= 4 is 48.2 Å².